The third kappa shape index (κ3) is 5.11. The van der Waals surface area contributed by atoms with Crippen molar-refractivity contribution in [2.45, 2.75) is 37.6 Å². The lowest BCUT2D eigenvalue weighted by Gasteiger charge is -2.36. The average molecular weight is 510 g/mol. The van der Waals surface area contributed by atoms with Crippen molar-refractivity contribution >= 4 is 32.3 Å². The number of ether oxygens (including phenoxy) is 1. The number of carboxylic acids is 1. The Hall–Kier alpha value is -3.33. The fourth-order valence-corrected chi connectivity index (χ4v) is 5.87. The fraction of sp³-hybridized carbons (Fsp3) is 0.250. The van der Waals surface area contributed by atoms with Gasteiger partial charge in [0.15, 0.2) is 6.17 Å². The van der Waals surface area contributed by atoms with E-state index >= 15 is 4.39 Å². The number of halogens is 1. The summed E-state index contributed by atoms with van der Waals surface area (Å²) in [4.78, 5) is 9.28. The van der Waals surface area contributed by atoms with Crippen molar-refractivity contribution in [3.05, 3.63) is 102 Å². The van der Waals surface area contributed by atoms with E-state index in [9.17, 15) is 18.3 Å². The average Bonchev–Trinajstić information content (AvgIpc) is 2.86. The summed E-state index contributed by atoms with van der Waals surface area (Å²) in [7, 11) is -4.66. The molecular weight excluding hydrogens is 481 g/mol. The molecule has 0 heterocycles. The maximum absolute atomic E-state index is 15.9. The van der Waals surface area contributed by atoms with E-state index in [2.05, 4.69) is 4.72 Å². The number of sulfonamides is 1. The van der Waals surface area contributed by atoms with E-state index in [1.54, 1.807) is 44.2 Å². The van der Waals surface area contributed by atoms with Gasteiger partial charge in [0.25, 0.3) is 0 Å². The Morgan fingerprint density at radius 1 is 1.06 bits per heavy atom. The molecule has 1 aliphatic rings. The number of allylic oxidation sites excluding steroid dienone is 2. The summed E-state index contributed by atoms with van der Waals surface area (Å²) >= 11 is 0. The first kappa shape index (κ1) is 25.8. The van der Waals surface area contributed by atoms with Crippen LogP contribution in [0.1, 0.15) is 25.0 Å². The molecule has 0 aliphatic heterocycles. The lowest BCUT2D eigenvalue weighted by Crippen LogP contribution is -2.58. The second-order valence-electron chi connectivity index (χ2n) is 9.10. The van der Waals surface area contributed by atoms with Crippen molar-refractivity contribution in [3.8, 4) is 0 Å². The molecule has 8 heteroatoms. The molecule has 3 aromatic rings. The van der Waals surface area contributed by atoms with E-state index in [0.29, 0.717) is 11.1 Å². The smallest absolute Gasteiger partial charge is 0.321 e. The highest BCUT2D eigenvalue weighted by Gasteiger charge is 2.52. The molecule has 6 nitrogen and oxygen atoms in total. The standard InChI is InChI=1S/C28H28FNO5S/c1-19(2)26(27(31)32)30-36(33,34)28(15-14-24(17-25(28)29)21-8-4-3-5-9-21)35-18-20-12-13-22-10-6-7-11-23(22)16-20/h3-17,19,25-26,30H,18H2,1-2H3,(H,31,32). The van der Waals surface area contributed by atoms with Crippen LogP contribution in [-0.2, 0) is 26.2 Å². The van der Waals surface area contributed by atoms with Crippen molar-refractivity contribution in [2.24, 2.45) is 5.92 Å². The number of hydrogen-bond donors (Lipinski definition) is 2. The van der Waals surface area contributed by atoms with Gasteiger partial charge in [-0.15, -0.1) is 0 Å². The van der Waals surface area contributed by atoms with Crippen molar-refractivity contribution in [3.63, 3.8) is 0 Å². The summed E-state index contributed by atoms with van der Waals surface area (Å²) in [5.41, 5.74) is 1.87. The maximum atomic E-state index is 15.9. The predicted molar refractivity (Wildman–Crippen MR) is 138 cm³/mol. The highest BCUT2D eigenvalue weighted by molar-refractivity contribution is 7.91. The Bertz CT molecular complexity index is 1420. The van der Waals surface area contributed by atoms with Crippen LogP contribution in [0.2, 0.25) is 0 Å². The molecule has 0 saturated carbocycles. The molecule has 0 amide bonds. The maximum Gasteiger partial charge on any atom is 0.321 e. The number of carboxylic acid groups (broad SMARTS) is 1. The molecule has 36 heavy (non-hydrogen) atoms. The van der Waals surface area contributed by atoms with Crippen LogP contribution in [0.5, 0.6) is 0 Å². The minimum Gasteiger partial charge on any atom is -0.480 e. The number of alkyl halides is 1. The van der Waals surface area contributed by atoms with E-state index < -0.39 is 39.1 Å². The third-order valence-electron chi connectivity index (χ3n) is 6.23. The Morgan fingerprint density at radius 2 is 1.72 bits per heavy atom. The number of carbonyl (C=O) groups is 1. The second-order valence-corrected chi connectivity index (χ2v) is 11.0. The van der Waals surface area contributed by atoms with Crippen molar-refractivity contribution in [1.29, 1.82) is 0 Å². The first-order valence-electron chi connectivity index (χ1n) is 11.6. The van der Waals surface area contributed by atoms with Gasteiger partial charge >= 0.3 is 5.97 Å². The number of fused-ring (bicyclic) bond motifs is 1. The van der Waals surface area contributed by atoms with Crippen LogP contribution in [0.4, 0.5) is 4.39 Å². The van der Waals surface area contributed by atoms with Crippen LogP contribution in [0, 0.1) is 5.92 Å². The number of aliphatic carboxylic acids is 1. The van der Waals surface area contributed by atoms with Crippen molar-refractivity contribution in [1.82, 2.24) is 4.72 Å². The molecule has 0 spiro atoms. The number of benzene rings is 3. The molecule has 0 aromatic heterocycles. The molecule has 2 N–H and O–H groups in total. The monoisotopic (exact) mass is 509 g/mol. The van der Waals surface area contributed by atoms with E-state index in [1.807, 2.05) is 42.5 Å². The molecule has 3 atom stereocenters. The SMILES string of the molecule is CC(C)C(NS(=O)(=O)C1(OCc2ccc3ccccc3c2)C=CC(c2ccccc2)=CC1F)C(=O)O. The van der Waals surface area contributed by atoms with E-state index in [4.69, 9.17) is 4.74 Å². The van der Waals surface area contributed by atoms with Gasteiger partial charge in [-0.3, -0.25) is 4.79 Å². The Labute approximate surface area is 210 Å². The van der Waals surface area contributed by atoms with Gasteiger partial charge in [0.2, 0.25) is 15.0 Å². The summed E-state index contributed by atoms with van der Waals surface area (Å²) < 4.78 is 51.2. The normalized spacial score (nSPS) is 20.9. The van der Waals surface area contributed by atoms with Crippen LogP contribution in [0.15, 0.2) is 91.0 Å². The van der Waals surface area contributed by atoms with Crippen LogP contribution >= 0.6 is 0 Å². The van der Waals surface area contributed by atoms with E-state index in [-0.39, 0.29) is 6.61 Å². The van der Waals surface area contributed by atoms with Gasteiger partial charge in [-0.25, -0.2) is 12.8 Å². The summed E-state index contributed by atoms with van der Waals surface area (Å²) in [6, 6.07) is 20.7. The fourth-order valence-electron chi connectivity index (χ4n) is 4.15. The zero-order valence-electron chi connectivity index (χ0n) is 20.0. The second kappa shape index (κ2) is 10.3. The van der Waals surface area contributed by atoms with Crippen LogP contribution in [-0.4, -0.2) is 36.6 Å². The molecule has 0 saturated heterocycles. The van der Waals surface area contributed by atoms with Crippen molar-refractivity contribution < 1.29 is 27.4 Å². The predicted octanol–water partition coefficient (Wildman–Crippen LogP) is 5.07. The Morgan fingerprint density at radius 3 is 2.36 bits per heavy atom. The van der Waals surface area contributed by atoms with Crippen LogP contribution in [0.25, 0.3) is 16.3 Å². The first-order chi connectivity index (χ1) is 17.1. The van der Waals surface area contributed by atoms with E-state index in [1.165, 1.54) is 18.2 Å². The molecule has 3 aromatic carbocycles. The highest BCUT2D eigenvalue weighted by Crippen LogP contribution is 2.37. The Kier molecular flexibility index (Phi) is 7.40. The van der Waals surface area contributed by atoms with Gasteiger partial charge in [0, 0.05) is 0 Å². The van der Waals surface area contributed by atoms with Gasteiger partial charge in [-0.2, -0.15) is 4.72 Å². The van der Waals surface area contributed by atoms with Crippen LogP contribution < -0.4 is 4.72 Å². The largest absolute Gasteiger partial charge is 0.480 e. The molecule has 1 aliphatic carbocycles. The minimum absolute atomic E-state index is 0.204. The number of rotatable bonds is 9. The highest BCUT2D eigenvalue weighted by atomic mass is 32.2. The lowest BCUT2D eigenvalue weighted by atomic mass is 9.97. The molecule has 4 rings (SSSR count). The van der Waals surface area contributed by atoms with Crippen LogP contribution in [0.3, 0.4) is 0 Å². The van der Waals surface area contributed by atoms with Crippen molar-refractivity contribution in [2.75, 3.05) is 0 Å². The zero-order chi connectivity index (χ0) is 25.9. The summed E-state index contributed by atoms with van der Waals surface area (Å²) in [6.45, 7) is 2.94. The summed E-state index contributed by atoms with van der Waals surface area (Å²) in [6.07, 6.45) is 1.76. The first-order valence-corrected chi connectivity index (χ1v) is 13.1. The number of hydrogen-bond acceptors (Lipinski definition) is 4. The molecule has 3 unspecified atom stereocenters. The summed E-state index contributed by atoms with van der Waals surface area (Å²) in [5.74, 6) is -1.93. The quantitative estimate of drug-likeness (QED) is 0.420. The molecule has 188 valence electrons. The zero-order valence-corrected chi connectivity index (χ0v) is 20.8. The van der Waals surface area contributed by atoms with Gasteiger partial charge in [-0.05, 0) is 51.6 Å². The van der Waals surface area contributed by atoms with E-state index in [0.717, 1.165) is 16.3 Å². The Balaban J connectivity index is 1.71. The van der Waals surface area contributed by atoms with Gasteiger partial charge in [-0.1, -0.05) is 86.7 Å². The summed E-state index contributed by atoms with van der Waals surface area (Å²) in [5, 5.41) is 11.5. The van der Waals surface area contributed by atoms with Gasteiger partial charge in [0.1, 0.15) is 6.04 Å². The molecule has 0 radical (unpaired) electrons. The van der Waals surface area contributed by atoms with Gasteiger partial charge < -0.3 is 9.84 Å². The topological polar surface area (TPSA) is 92.7 Å². The lowest BCUT2D eigenvalue weighted by molar-refractivity contribution is -0.140. The molecule has 0 bridgehead atoms. The van der Waals surface area contributed by atoms with Gasteiger partial charge in [0.05, 0.1) is 6.61 Å². The minimum atomic E-state index is -4.66. The third-order valence-corrected chi connectivity index (χ3v) is 8.11. The molecule has 0 fully saturated rings. The molecular formula is C28H28FNO5S. The number of nitrogens with one attached hydrogen (secondary N) is 1.